The Morgan fingerprint density at radius 2 is 2.09 bits per heavy atom. The SMILES string of the molecule is C=C/C(CC(CC(C)C=C)N=C)=C1/C=C(OC)C=CC1=NC. The highest BCUT2D eigenvalue weighted by molar-refractivity contribution is 6.12. The number of nitrogens with zero attached hydrogens (tertiary/aromatic N) is 2. The predicted octanol–water partition coefficient (Wildman–Crippen LogP) is 4.31. The second-order valence-electron chi connectivity index (χ2n) is 5.33. The summed E-state index contributed by atoms with van der Waals surface area (Å²) in [4.78, 5) is 8.60. The zero-order valence-corrected chi connectivity index (χ0v) is 13.9. The Morgan fingerprint density at radius 1 is 1.36 bits per heavy atom. The minimum absolute atomic E-state index is 0.136. The van der Waals surface area contributed by atoms with Gasteiger partial charge in [-0.3, -0.25) is 9.98 Å². The predicted molar refractivity (Wildman–Crippen MR) is 96.7 cm³/mol. The molecule has 0 amide bonds. The van der Waals surface area contributed by atoms with Gasteiger partial charge in [0, 0.05) is 12.6 Å². The maximum atomic E-state index is 5.32. The first-order valence-corrected chi connectivity index (χ1v) is 7.44. The van der Waals surface area contributed by atoms with Crippen molar-refractivity contribution in [2.24, 2.45) is 15.9 Å². The average Bonchev–Trinajstić information content (AvgIpc) is 2.57. The third-order valence-corrected chi connectivity index (χ3v) is 3.80. The van der Waals surface area contributed by atoms with Crippen molar-refractivity contribution in [2.75, 3.05) is 14.2 Å². The van der Waals surface area contributed by atoms with Crippen LogP contribution in [0.3, 0.4) is 0 Å². The molecule has 2 unspecified atom stereocenters. The molecule has 0 fully saturated rings. The number of ether oxygens (including phenoxy) is 1. The molecule has 0 aliphatic heterocycles. The normalized spacial score (nSPS) is 20.9. The van der Waals surface area contributed by atoms with Crippen LogP contribution in [0, 0.1) is 5.92 Å². The first-order chi connectivity index (χ1) is 10.6. The van der Waals surface area contributed by atoms with Gasteiger partial charge in [0.15, 0.2) is 0 Å². The fourth-order valence-corrected chi connectivity index (χ4v) is 2.40. The van der Waals surface area contributed by atoms with Gasteiger partial charge < -0.3 is 4.74 Å². The van der Waals surface area contributed by atoms with Crippen molar-refractivity contribution in [3.63, 3.8) is 0 Å². The first kappa shape index (κ1) is 17.9. The number of allylic oxidation sites excluding steroid dienone is 6. The lowest BCUT2D eigenvalue weighted by Gasteiger charge is -2.19. The van der Waals surface area contributed by atoms with Crippen LogP contribution in [0.2, 0.25) is 0 Å². The minimum atomic E-state index is 0.136. The molecule has 22 heavy (non-hydrogen) atoms. The van der Waals surface area contributed by atoms with Gasteiger partial charge in [-0.1, -0.05) is 25.7 Å². The Hall–Kier alpha value is -2.16. The third-order valence-electron chi connectivity index (χ3n) is 3.80. The molecule has 0 bridgehead atoms. The van der Waals surface area contributed by atoms with Crippen molar-refractivity contribution >= 4 is 12.4 Å². The van der Waals surface area contributed by atoms with Crippen molar-refractivity contribution in [1.82, 2.24) is 0 Å². The van der Waals surface area contributed by atoms with Crippen LogP contribution in [-0.2, 0) is 4.74 Å². The summed E-state index contributed by atoms with van der Waals surface area (Å²) in [5.41, 5.74) is 3.07. The lowest BCUT2D eigenvalue weighted by Crippen LogP contribution is -2.13. The lowest BCUT2D eigenvalue weighted by atomic mass is 9.91. The van der Waals surface area contributed by atoms with E-state index in [1.807, 2.05) is 30.4 Å². The highest BCUT2D eigenvalue weighted by Crippen LogP contribution is 2.25. The van der Waals surface area contributed by atoms with E-state index in [-0.39, 0.29) is 6.04 Å². The van der Waals surface area contributed by atoms with E-state index in [4.69, 9.17) is 4.74 Å². The molecular formula is C19H26N2O. The number of aliphatic imine (C=N–C) groups is 2. The minimum Gasteiger partial charge on any atom is -0.497 e. The van der Waals surface area contributed by atoms with E-state index in [0.29, 0.717) is 5.92 Å². The standard InChI is InChI=1S/C19H26N2O/c1-7-14(3)11-16(20-4)12-15(8-2)18-13-17(22-6)9-10-19(18)21-5/h7-10,13-14,16H,1-2,4,11-12H2,3,5-6H3/b18-15+,21-19?. The van der Waals surface area contributed by atoms with E-state index in [0.717, 1.165) is 35.5 Å². The molecule has 0 N–H and O–H groups in total. The number of rotatable bonds is 8. The lowest BCUT2D eigenvalue weighted by molar-refractivity contribution is 0.306. The van der Waals surface area contributed by atoms with Crippen molar-refractivity contribution in [1.29, 1.82) is 0 Å². The summed E-state index contributed by atoms with van der Waals surface area (Å²) in [6.45, 7) is 13.6. The number of hydrogen-bond acceptors (Lipinski definition) is 3. The van der Waals surface area contributed by atoms with Crippen LogP contribution in [-0.4, -0.2) is 32.6 Å². The van der Waals surface area contributed by atoms with Crippen molar-refractivity contribution in [3.05, 3.63) is 60.4 Å². The summed E-state index contributed by atoms with van der Waals surface area (Å²) in [5, 5.41) is 0. The first-order valence-electron chi connectivity index (χ1n) is 7.44. The summed E-state index contributed by atoms with van der Waals surface area (Å²) < 4.78 is 5.32. The highest BCUT2D eigenvalue weighted by atomic mass is 16.5. The largest absolute Gasteiger partial charge is 0.497 e. The number of methoxy groups -OCH3 is 1. The summed E-state index contributed by atoms with van der Waals surface area (Å²) in [6, 6.07) is 0.136. The van der Waals surface area contributed by atoms with Gasteiger partial charge in [0.25, 0.3) is 0 Å². The molecule has 0 heterocycles. The Bertz CT molecular complexity index is 550. The van der Waals surface area contributed by atoms with Crippen LogP contribution >= 0.6 is 0 Å². The maximum absolute atomic E-state index is 5.32. The summed E-state index contributed by atoms with van der Waals surface area (Å²) >= 11 is 0. The second-order valence-corrected chi connectivity index (χ2v) is 5.33. The molecule has 3 nitrogen and oxygen atoms in total. The molecule has 1 rings (SSSR count). The van der Waals surface area contributed by atoms with Gasteiger partial charge in [0.2, 0.25) is 0 Å². The second kappa shape index (κ2) is 8.98. The molecule has 0 radical (unpaired) electrons. The molecule has 0 saturated heterocycles. The van der Waals surface area contributed by atoms with Gasteiger partial charge in [-0.15, -0.1) is 6.58 Å². The fraction of sp³-hybridized carbons (Fsp3) is 0.368. The van der Waals surface area contributed by atoms with Crippen LogP contribution < -0.4 is 0 Å². The van der Waals surface area contributed by atoms with Gasteiger partial charge >= 0.3 is 0 Å². The van der Waals surface area contributed by atoms with Gasteiger partial charge in [-0.25, -0.2) is 0 Å². The Morgan fingerprint density at radius 3 is 2.59 bits per heavy atom. The van der Waals surface area contributed by atoms with Crippen LogP contribution in [0.5, 0.6) is 0 Å². The Kier molecular flexibility index (Phi) is 7.30. The van der Waals surface area contributed by atoms with Crippen LogP contribution in [0.1, 0.15) is 19.8 Å². The molecule has 118 valence electrons. The van der Waals surface area contributed by atoms with Gasteiger partial charge in [-0.05, 0) is 49.3 Å². The van der Waals surface area contributed by atoms with E-state index in [1.165, 1.54) is 0 Å². The summed E-state index contributed by atoms with van der Waals surface area (Å²) in [6.07, 6.45) is 11.4. The molecule has 2 atom stereocenters. The topological polar surface area (TPSA) is 34.0 Å². The van der Waals surface area contributed by atoms with Crippen LogP contribution in [0.15, 0.2) is 70.4 Å². The summed E-state index contributed by atoms with van der Waals surface area (Å²) in [7, 11) is 3.45. The molecule has 1 aliphatic rings. The van der Waals surface area contributed by atoms with Crippen molar-refractivity contribution in [3.8, 4) is 0 Å². The van der Waals surface area contributed by atoms with E-state index in [1.54, 1.807) is 14.2 Å². The van der Waals surface area contributed by atoms with E-state index >= 15 is 0 Å². The molecule has 0 aromatic carbocycles. The molecular weight excluding hydrogens is 272 g/mol. The number of hydrogen-bond donors (Lipinski definition) is 0. The maximum Gasteiger partial charge on any atom is 0.119 e. The zero-order valence-electron chi connectivity index (χ0n) is 13.9. The molecule has 0 saturated carbocycles. The van der Waals surface area contributed by atoms with Crippen LogP contribution in [0.25, 0.3) is 0 Å². The van der Waals surface area contributed by atoms with E-state index < -0.39 is 0 Å². The van der Waals surface area contributed by atoms with Crippen molar-refractivity contribution < 1.29 is 4.74 Å². The smallest absolute Gasteiger partial charge is 0.119 e. The van der Waals surface area contributed by atoms with Gasteiger partial charge in [0.1, 0.15) is 5.76 Å². The molecule has 0 aromatic heterocycles. The monoisotopic (exact) mass is 298 g/mol. The molecule has 3 heteroatoms. The summed E-state index contributed by atoms with van der Waals surface area (Å²) in [5.74, 6) is 1.21. The Balaban J connectivity index is 3.12. The Labute approximate surface area is 134 Å². The highest BCUT2D eigenvalue weighted by Gasteiger charge is 2.16. The molecule has 0 spiro atoms. The zero-order chi connectivity index (χ0) is 16.5. The van der Waals surface area contributed by atoms with Gasteiger partial charge in [0.05, 0.1) is 18.9 Å². The van der Waals surface area contributed by atoms with Gasteiger partial charge in [-0.2, -0.15) is 0 Å². The van der Waals surface area contributed by atoms with E-state index in [9.17, 15) is 0 Å². The average molecular weight is 298 g/mol. The third kappa shape index (κ3) is 4.69. The fourth-order valence-electron chi connectivity index (χ4n) is 2.40. The quantitative estimate of drug-likeness (QED) is 0.485. The molecule has 0 aromatic rings. The van der Waals surface area contributed by atoms with Crippen LogP contribution in [0.4, 0.5) is 0 Å². The van der Waals surface area contributed by atoms with E-state index in [2.05, 4.69) is 36.8 Å². The molecule has 1 aliphatic carbocycles. The van der Waals surface area contributed by atoms with Crippen molar-refractivity contribution in [2.45, 2.75) is 25.8 Å².